The fraction of sp³-hybridized carbons (Fsp3) is 0.519. The van der Waals surface area contributed by atoms with Crippen LogP contribution in [0, 0.1) is 5.92 Å². The van der Waals surface area contributed by atoms with Crippen LogP contribution >= 0.6 is 11.6 Å². The van der Waals surface area contributed by atoms with Crippen LogP contribution in [0.3, 0.4) is 0 Å². The second kappa shape index (κ2) is 9.68. The number of carbonyl (C=O) groups is 3. The molecule has 3 saturated heterocycles. The Hall–Kier alpha value is -3.04. The SMILES string of the molecule is Clc1cnc(C2CNC2)nc1.O=C1NC(=O)C2(N3Cc4cc(OC5CCCCC5)ccc4C3=O)CC1C2. The topological polar surface area (TPSA) is 114 Å². The molecule has 0 spiro atoms. The fourth-order valence-corrected chi connectivity index (χ4v) is 5.99. The lowest BCUT2D eigenvalue weighted by molar-refractivity contribution is -0.160. The predicted octanol–water partition coefficient (Wildman–Crippen LogP) is 2.98. The van der Waals surface area contributed by atoms with E-state index in [-0.39, 0.29) is 29.7 Å². The van der Waals surface area contributed by atoms with Crippen LogP contribution in [0.5, 0.6) is 5.75 Å². The lowest BCUT2D eigenvalue weighted by Gasteiger charge is -2.53. The van der Waals surface area contributed by atoms with Gasteiger partial charge < -0.3 is 15.0 Å². The number of carbonyl (C=O) groups excluding carboxylic acids is 3. The highest BCUT2D eigenvalue weighted by molar-refractivity contribution is 6.30. The van der Waals surface area contributed by atoms with E-state index in [1.807, 2.05) is 18.2 Å². The maximum absolute atomic E-state index is 12.9. The summed E-state index contributed by atoms with van der Waals surface area (Å²) in [4.78, 5) is 46.9. The van der Waals surface area contributed by atoms with Gasteiger partial charge in [-0.3, -0.25) is 19.7 Å². The van der Waals surface area contributed by atoms with Crippen molar-refractivity contribution in [3.05, 3.63) is 52.6 Å². The van der Waals surface area contributed by atoms with Crippen LogP contribution in [0.2, 0.25) is 5.02 Å². The van der Waals surface area contributed by atoms with E-state index < -0.39 is 5.54 Å². The molecule has 1 aromatic carbocycles. The van der Waals surface area contributed by atoms with Crippen molar-refractivity contribution in [2.24, 2.45) is 5.92 Å². The summed E-state index contributed by atoms with van der Waals surface area (Å²) < 4.78 is 6.11. The van der Waals surface area contributed by atoms with E-state index in [4.69, 9.17) is 16.3 Å². The van der Waals surface area contributed by atoms with Gasteiger partial charge in [-0.2, -0.15) is 0 Å². The molecule has 10 heteroatoms. The van der Waals surface area contributed by atoms with Crippen molar-refractivity contribution in [3.8, 4) is 5.75 Å². The number of piperidine rings is 2. The molecule has 6 aliphatic rings. The average molecular weight is 524 g/mol. The zero-order valence-corrected chi connectivity index (χ0v) is 21.3. The highest BCUT2D eigenvalue weighted by Gasteiger charge is 2.62. The van der Waals surface area contributed by atoms with E-state index in [9.17, 15) is 14.4 Å². The predicted molar refractivity (Wildman–Crippen MR) is 135 cm³/mol. The number of hydrogen-bond acceptors (Lipinski definition) is 7. The van der Waals surface area contributed by atoms with Crippen molar-refractivity contribution in [1.29, 1.82) is 0 Å². The lowest BCUT2D eigenvalue weighted by atomic mass is 9.63. The zero-order valence-electron chi connectivity index (χ0n) is 20.5. The molecule has 1 aromatic heterocycles. The number of amides is 3. The summed E-state index contributed by atoms with van der Waals surface area (Å²) in [6, 6.07) is 5.62. The average Bonchev–Trinajstić information content (AvgIpc) is 3.15. The lowest BCUT2D eigenvalue weighted by Crippen LogP contribution is -2.73. The highest BCUT2D eigenvalue weighted by atomic mass is 35.5. The number of halogens is 1. The third-order valence-corrected chi connectivity index (χ3v) is 8.43. The van der Waals surface area contributed by atoms with Crippen molar-refractivity contribution < 1.29 is 19.1 Å². The molecular weight excluding hydrogens is 494 g/mol. The first-order valence-corrected chi connectivity index (χ1v) is 13.5. The van der Waals surface area contributed by atoms with Gasteiger partial charge in [-0.1, -0.05) is 18.0 Å². The standard InChI is InChI=1S/C20H22N2O4.C7H8ClN3/c23-17-13-9-20(10-13,19(25)21-17)22-11-12-8-15(6-7-16(12)18(22)24)26-14-4-2-1-3-5-14;8-6-3-10-7(11-4-6)5-1-9-2-5/h6-8,13-14H,1-5,9-11H2,(H,21,23,25);3-5,9H,1-2H2. The minimum absolute atomic E-state index is 0.118. The van der Waals surface area contributed by atoms with Crippen LogP contribution in [-0.4, -0.2) is 57.3 Å². The first kappa shape index (κ1) is 24.3. The summed E-state index contributed by atoms with van der Waals surface area (Å²) in [6.45, 7) is 2.38. The van der Waals surface area contributed by atoms with Crippen LogP contribution in [0.15, 0.2) is 30.6 Å². The van der Waals surface area contributed by atoms with Gasteiger partial charge in [0.2, 0.25) is 5.91 Å². The smallest absolute Gasteiger partial charge is 0.255 e. The number of nitrogens with one attached hydrogen (secondary N) is 2. The van der Waals surface area contributed by atoms with Gasteiger partial charge in [-0.25, -0.2) is 9.97 Å². The Labute approximate surface area is 220 Å². The van der Waals surface area contributed by atoms with Gasteiger partial charge in [-0.05, 0) is 62.3 Å². The molecule has 0 unspecified atom stereocenters. The van der Waals surface area contributed by atoms with Gasteiger partial charge in [0.1, 0.15) is 17.1 Å². The van der Waals surface area contributed by atoms with E-state index in [0.29, 0.717) is 35.9 Å². The van der Waals surface area contributed by atoms with Crippen LogP contribution < -0.4 is 15.4 Å². The number of hydrogen-bond donors (Lipinski definition) is 2. The van der Waals surface area contributed by atoms with E-state index in [1.165, 1.54) is 19.3 Å². The molecule has 2 N–H and O–H groups in total. The largest absolute Gasteiger partial charge is 0.490 e. The van der Waals surface area contributed by atoms with Gasteiger partial charge in [0, 0.05) is 49.4 Å². The van der Waals surface area contributed by atoms with Crippen molar-refractivity contribution >= 4 is 29.3 Å². The second-order valence-corrected chi connectivity index (χ2v) is 11.1. The quantitative estimate of drug-likeness (QED) is 0.592. The molecule has 2 saturated carbocycles. The van der Waals surface area contributed by atoms with E-state index in [0.717, 1.165) is 43.1 Å². The van der Waals surface area contributed by atoms with Crippen LogP contribution in [0.25, 0.3) is 0 Å². The van der Waals surface area contributed by atoms with E-state index in [1.54, 1.807) is 17.3 Å². The second-order valence-electron chi connectivity index (χ2n) is 10.7. The van der Waals surface area contributed by atoms with Crippen LogP contribution in [0.4, 0.5) is 0 Å². The van der Waals surface area contributed by atoms with Crippen molar-refractivity contribution in [3.63, 3.8) is 0 Å². The number of fused-ring (bicyclic) bond motifs is 3. The molecule has 9 nitrogen and oxygen atoms in total. The number of benzene rings is 1. The van der Waals surface area contributed by atoms with Gasteiger partial charge in [0.05, 0.1) is 11.1 Å². The number of ether oxygens (including phenoxy) is 1. The molecule has 4 aliphatic heterocycles. The van der Waals surface area contributed by atoms with Crippen molar-refractivity contribution in [1.82, 2.24) is 25.5 Å². The fourth-order valence-electron chi connectivity index (χ4n) is 5.90. The molecule has 194 valence electrons. The van der Waals surface area contributed by atoms with Crippen molar-refractivity contribution in [2.75, 3.05) is 13.1 Å². The van der Waals surface area contributed by atoms with E-state index >= 15 is 0 Å². The van der Waals surface area contributed by atoms with Crippen LogP contribution in [0.1, 0.15) is 72.6 Å². The Morgan fingerprint density at radius 2 is 1.73 bits per heavy atom. The minimum Gasteiger partial charge on any atom is -0.490 e. The third kappa shape index (κ3) is 4.48. The first-order chi connectivity index (χ1) is 17.9. The Kier molecular flexibility index (Phi) is 6.36. The number of nitrogens with zero attached hydrogens (tertiary/aromatic N) is 3. The maximum Gasteiger partial charge on any atom is 0.255 e. The third-order valence-electron chi connectivity index (χ3n) is 8.24. The molecule has 0 radical (unpaired) electrons. The van der Waals surface area contributed by atoms with Gasteiger partial charge in [0.15, 0.2) is 0 Å². The molecule has 3 amide bonds. The Balaban J connectivity index is 0.000000191. The number of aromatic nitrogens is 2. The van der Waals surface area contributed by atoms with Gasteiger partial charge in [-0.15, -0.1) is 0 Å². The number of rotatable bonds is 4. The molecule has 5 fully saturated rings. The molecule has 2 aliphatic carbocycles. The molecule has 37 heavy (non-hydrogen) atoms. The monoisotopic (exact) mass is 523 g/mol. The van der Waals surface area contributed by atoms with Gasteiger partial charge in [0.25, 0.3) is 11.8 Å². The molecule has 0 atom stereocenters. The summed E-state index contributed by atoms with van der Waals surface area (Å²) in [6.07, 6.45) is 10.3. The van der Waals surface area contributed by atoms with Crippen LogP contribution in [-0.2, 0) is 16.1 Å². The van der Waals surface area contributed by atoms with Crippen molar-refractivity contribution in [2.45, 2.75) is 69.1 Å². The summed E-state index contributed by atoms with van der Waals surface area (Å²) in [5, 5.41) is 6.17. The Morgan fingerprint density at radius 3 is 2.38 bits per heavy atom. The summed E-state index contributed by atoms with van der Waals surface area (Å²) in [5.41, 5.74) is 0.702. The molecule has 8 rings (SSSR count). The molecule has 2 bridgehead atoms. The molecule has 5 heterocycles. The van der Waals surface area contributed by atoms with Gasteiger partial charge >= 0.3 is 0 Å². The minimum atomic E-state index is -0.848. The highest BCUT2D eigenvalue weighted by Crippen LogP contribution is 2.49. The summed E-state index contributed by atoms with van der Waals surface area (Å²) in [5.74, 6) is 1.40. The summed E-state index contributed by atoms with van der Waals surface area (Å²) in [7, 11) is 0. The first-order valence-electron chi connectivity index (χ1n) is 13.1. The van der Waals surface area contributed by atoms with E-state index in [2.05, 4.69) is 20.6 Å². The Morgan fingerprint density at radius 1 is 1.00 bits per heavy atom. The molecule has 2 aromatic rings. The Bertz CT molecular complexity index is 1220. The summed E-state index contributed by atoms with van der Waals surface area (Å²) >= 11 is 5.64. The maximum atomic E-state index is 12.9. The normalized spacial score (nSPS) is 26.9. The zero-order chi connectivity index (χ0) is 25.6. The molecular formula is C27H30ClN5O4. The number of imide groups is 1.